The van der Waals surface area contributed by atoms with E-state index >= 15 is 0 Å². The molecule has 1 aromatic carbocycles. The van der Waals surface area contributed by atoms with Gasteiger partial charge in [0.1, 0.15) is 0 Å². The number of nitrogens with one attached hydrogen (secondary N) is 1. The van der Waals surface area contributed by atoms with E-state index in [2.05, 4.69) is 27.2 Å². The summed E-state index contributed by atoms with van der Waals surface area (Å²) in [6.07, 6.45) is 5.90. The quantitative estimate of drug-likeness (QED) is 0.655. The van der Waals surface area contributed by atoms with Crippen molar-refractivity contribution in [2.24, 2.45) is 0 Å². The maximum Gasteiger partial charge on any atom is 0.0417 e. The molecule has 0 unspecified atom stereocenters. The van der Waals surface area contributed by atoms with Crippen molar-refractivity contribution in [3.05, 3.63) is 33.3 Å². The van der Waals surface area contributed by atoms with Crippen LogP contribution in [0.4, 0.5) is 0 Å². The first-order valence-corrected chi connectivity index (χ1v) is 5.49. The number of benzene rings is 1. The Kier molecular flexibility index (Phi) is 5.03. The minimum Gasteiger partial charge on any atom is -0.312 e. The second-order valence-electron chi connectivity index (χ2n) is 2.87. The molecule has 0 aliphatic heterocycles. The molecule has 0 radical (unpaired) electrons. The van der Waals surface area contributed by atoms with E-state index in [0.29, 0.717) is 0 Å². The molecule has 14 heavy (non-hydrogen) atoms. The Hall–Kier alpha value is -0.490. The molecule has 74 valence electrons. The van der Waals surface area contributed by atoms with Gasteiger partial charge in [0.2, 0.25) is 0 Å². The maximum absolute atomic E-state index is 5.82. The SMILES string of the molecule is C#CCCNCc1ccc(Cl)cc1Br. The Morgan fingerprint density at radius 1 is 1.50 bits per heavy atom. The molecule has 0 saturated heterocycles. The lowest BCUT2D eigenvalue weighted by Gasteiger charge is -2.05. The predicted molar refractivity (Wildman–Crippen MR) is 64.3 cm³/mol. The molecule has 0 amide bonds. The monoisotopic (exact) mass is 271 g/mol. The second kappa shape index (κ2) is 6.08. The van der Waals surface area contributed by atoms with E-state index in [1.165, 1.54) is 5.56 Å². The molecule has 0 aliphatic rings. The van der Waals surface area contributed by atoms with Crippen LogP contribution in [0.5, 0.6) is 0 Å². The lowest BCUT2D eigenvalue weighted by molar-refractivity contribution is 0.699. The summed E-state index contributed by atoms with van der Waals surface area (Å²) < 4.78 is 1.03. The Balaban J connectivity index is 2.47. The van der Waals surface area contributed by atoms with E-state index in [4.69, 9.17) is 18.0 Å². The third-order valence-corrected chi connectivity index (χ3v) is 2.75. The van der Waals surface area contributed by atoms with Crippen molar-refractivity contribution in [3.63, 3.8) is 0 Å². The van der Waals surface area contributed by atoms with Crippen LogP contribution in [-0.4, -0.2) is 6.54 Å². The summed E-state index contributed by atoms with van der Waals surface area (Å²) in [6, 6.07) is 5.76. The number of halogens is 2. The molecule has 0 atom stereocenters. The van der Waals surface area contributed by atoms with Gasteiger partial charge in [-0.05, 0) is 17.7 Å². The lowest BCUT2D eigenvalue weighted by atomic mass is 10.2. The zero-order chi connectivity index (χ0) is 10.4. The molecule has 3 heteroatoms. The van der Waals surface area contributed by atoms with E-state index < -0.39 is 0 Å². The number of hydrogen-bond donors (Lipinski definition) is 1. The zero-order valence-electron chi connectivity index (χ0n) is 7.69. The summed E-state index contributed by atoms with van der Waals surface area (Å²) in [4.78, 5) is 0. The molecule has 0 spiro atoms. The third-order valence-electron chi connectivity index (χ3n) is 1.78. The van der Waals surface area contributed by atoms with Crippen molar-refractivity contribution in [1.29, 1.82) is 0 Å². The summed E-state index contributed by atoms with van der Waals surface area (Å²) in [5, 5.41) is 3.99. The van der Waals surface area contributed by atoms with Crippen LogP contribution in [-0.2, 0) is 6.54 Å². The Morgan fingerprint density at radius 2 is 2.29 bits per heavy atom. The topological polar surface area (TPSA) is 12.0 Å². The van der Waals surface area contributed by atoms with E-state index in [-0.39, 0.29) is 0 Å². The maximum atomic E-state index is 5.82. The van der Waals surface area contributed by atoms with Gasteiger partial charge in [0.25, 0.3) is 0 Å². The summed E-state index contributed by atoms with van der Waals surface area (Å²) >= 11 is 9.28. The standard InChI is InChI=1S/C11H11BrClN/c1-2-3-6-14-8-9-4-5-10(13)7-11(9)12/h1,4-5,7,14H,3,6,8H2. The van der Waals surface area contributed by atoms with Gasteiger partial charge >= 0.3 is 0 Å². The fourth-order valence-corrected chi connectivity index (χ4v) is 1.87. The zero-order valence-corrected chi connectivity index (χ0v) is 10.0. The summed E-state index contributed by atoms with van der Waals surface area (Å²) in [5.41, 5.74) is 1.19. The van der Waals surface area contributed by atoms with Crippen molar-refractivity contribution in [1.82, 2.24) is 5.32 Å². The lowest BCUT2D eigenvalue weighted by Crippen LogP contribution is -2.14. The molecule has 0 saturated carbocycles. The van der Waals surface area contributed by atoms with Gasteiger partial charge in [0, 0.05) is 29.0 Å². The predicted octanol–water partition coefficient (Wildman–Crippen LogP) is 3.22. The highest BCUT2D eigenvalue weighted by atomic mass is 79.9. The van der Waals surface area contributed by atoms with Crippen LogP contribution in [0.15, 0.2) is 22.7 Å². The van der Waals surface area contributed by atoms with Gasteiger partial charge in [-0.1, -0.05) is 33.6 Å². The third kappa shape index (κ3) is 3.71. The number of hydrogen-bond acceptors (Lipinski definition) is 1. The smallest absolute Gasteiger partial charge is 0.0417 e. The van der Waals surface area contributed by atoms with Crippen LogP contribution in [0.25, 0.3) is 0 Å². The fourth-order valence-electron chi connectivity index (χ4n) is 1.05. The van der Waals surface area contributed by atoms with Gasteiger partial charge < -0.3 is 5.32 Å². The first kappa shape index (κ1) is 11.6. The van der Waals surface area contributed by atoms with E-state index in [0.717, 1.165) is 29.0 Å². The molecule has 1 nitrogen and oxygen atoms in total. The van der Waals surface area contributed by atoms with Gasteiger partial charge in [-0.15, -0.1) is 12.3 Å². The van der Waals surface area contributed by atoms with Crippen LogP contribution in [0.3, 0.4) is 0 Å². The summed E-state index contributed by atoms with van der Waals surface area (Å²) in [6.45, 7) is 1.64. The van der Waals surface area contributed by atoms with Gasteiger partial charge in [0.15, 0.2) is 0 Å². The van der Waals surface area contributed by atoms with Crippen molar-refractivity contribution in [2.45, 2.75) is 13.0 Å². The van der Waals surface area contributed by atoms with Crippen LogP contribution in [0.2, 0.25) is 5.02 Å². The second-order valence-corrected chi connectivity index (χ2v) is 4.16. The van der Waals surface area contributed by atoms with Crippen LogP contribution >= 0.6 is 27.5 Å². The summed E-state index contributed by atoms with van der Waals surface area (Å²) in [5.74, 6) is 2.58. The highest BCUT2D eigenvalue weighted by molar-refractivity contribution is 9.10. The Bertz CT molecular complexity index is 344. The Morgan fingerprint density at radius 3 is 2.93 bits per heavy atom. The van der Waals surface area contributed by atoms with Crippen molar-refractivity contribution in [2.75, 3.05) is 6.54 Å². The van der Waals surface area contributed by atoms with Crippen molar-refractivity contribution < 1.29 is 0 Å². The largest absolute Gasteiger partial charge is 0.312 e. The van der Waals surface area contributed by atoms with Gasteiger partial charge in [0.05, 0.1) is 0 Å². The number of rotatable bonds is 4. The fraction of sp³-hybridized carbons (Fsp3) is 0.273. The normalized spacial score (nSPS) is 9.79. The van der Waals surface area contributed by atoms with E-state index in [1.54, 1.807) is 0 Å². The molecule has 1 N–H and O–H groups in total. The highest BCUT2D eigenvalue weighted by Gasteiger charge is 1.99. The van der Waals surface area contributed by atoms with E-state index in [1.807, 2.05) is 18.2 Å². The molecule has 1 aromatic rings. The Labute approximate surface area is 98.0 Å². The number of terminal acetylenes is 1. The first-order valence-electron chi connectivity index (χ1n) is 4.32. The summed E-state index contributed by atoms with van der Waals surface area (Å²) in [7, 11) is 0. The molecule has 1 rings (SSSR count). The van der Waals surface area contributed by atoms with Gasteiger partial charge in [-0.25, -0.2) is 0 Å². The highest BCUT2D eigenvalue weighted by Crippen LogP contribution is 2.21. The van der Waals surface area contributed by atoms with Gasteiger partial charge in [-0.3, -0.25) is 0 Å². The molecule has 0 aromatic heterocycles. The molecular formula is C11H11BrClN. The van der Waals surface area contributed by atoms with Crippen LogP contribution in [0, 0.1) is 12.3 Å². The molecule has 0 bridgehead atoms. The van der Waals surface area contributed by atoms with E-state index in [9.17, 15) is 0 Å². The molecule has 0 fully saturated rings. The molecular weight excluding hydrogens is 261 g/mol. The first-order chi connectivity index (χ1) is 6.74. The minimum absolute atomic E-state index is 0.740. The van der Waals surface area contributed by atoms with Crippen molar-refractivity contribution in [3.8, 4) is 12.3 Å². The van der Waals surface area contributed by atoms with Crippen molar-refractivity contribution >= 4 is 27.5 Å². The molecule has 0 heterocycles. The van der Waals surface area contributed by atoms with Gasteiger partial charge in [-0.2, -0.15) is 0 Å². The average molecular weight is 273 g/mol. The minimum atomic E-state index is 0.740. The average Bonchev–Trinajstić information content (AvgIpc) is 2.15. The molecule has 0 aliphatic carbocycles. The van der Waals surface area contributed by atoms with Crippen LogP contribution in [0.1, 0.15) is 12.0 Å². The van der Waals surface area contributed by atoms with Crippen LogP contribution < -0.4 is 5.32 Å².